The third kappa shape index (κ3) is 64.7. The van der Waals surface area contributed by atoms with Gasteiger partial charge in [-0.15, -0.1) is 0 Å². The SMILES string of the molecule is CCCCCCC/C=C\C/C=C\CCCCCCCCCCCCCC(=O)OC(COC(=O)CCCCCCCC)COC(=O)CCCCCCCCCCCCCCCCCCCCCCCCCCCCCCCCC. The first-order valence-corrected chi connectivity index (χ1v) is 35.3. The molecule has 0 amide bonds. The number of carbonyl (C=O) groups is 3. The van der Waals surface area contributed by atoms with Crippen LogP contribution < -0.4 is 0 Å². The van der Waals surface area contributed by atoms with E-state index in [0.29, 0.717) is 19.3 Å². The van der Waals surface area contributed by atoms with Crippen LogP contribution in [-0.4, -0.2) is 37.2 Å². The van der Waals surface area contributed by atoms with Gasteiger partial charge in [0.25, 0.3) is 0 Å². The molecular weight excluding hydrogens is 961 g/mol. The lowest BCUT2D eigenvalue weighted by Gasteiger charge is -2.18. The minimum atomic E-state index is -0.767. The molecule has 0 saturated carbocycles. The van der Waals surface area contributed by atoms with E-state index < -0.39 is 6.10 Å². The normalized spacial score (nSPS) is 12.1. The van der Waals surface area contributed by atoms with Gasteiger partial charge in [0.2, 0.25) is 0 Å². The van der Waals surface area contributed by atoms with Crippen molar-refractivity contribution in [3.05, 3.63) is 24.3 Å². The van der Waals surface area contributed by atoms with Gasteiger partial charge in [-0.2, -0.15) is 0 Å². The van der Waals surface area contributed by atoms with Crippen molar-refractivity contribution in [2.45, 2.75) is 406 Å². The lowest BCUT2D eigenvalue weighted by Crippen LogP contribution is -2.30. The largest absolute Gasteiger partial charge is 0.462 e. The Kier molecular flexibility index (Phi) is 65.6. The Balaban J connectivity index is 3.95. The van der Waals surface area contributed by atoms with Gasteiger partial charge >= 0.3 is 17.9 Å². The molecule has 0 aliphatic rings. The van der Waals surface area contributed by atoms with Gasteiger partial charge in [0, 0.05) is 19.3 Å². The third-order valence-corrected chi connectivity index (χ3v) is 16.2. The number of esters is 3. The van der Waals surface area contributed by atoms with Gasteiger partial charge in [-0.25, -0.2) is 0 Å². The van der Waals surface area contributed by atoms with Gasteiger partial charge in [0.15, 0.2) is 6.10 Å². The maximum Gasteiger partial charge on any atom is 0.306 e. The number of hydrogen-bond donors (Lipinski definition) is 0. The van der Waals surface area contributed by atoms with Crippen molar-refractivity contribution in [3.8, 4) is 0 Å². The van der Waals surface area contributed by atoms with Gasteiger partial charge < -0.3 is 14.2 Å². The van der Waals surface area contributed by atoms with Crippen LogP contribution in [0.25, 0.3) is 0 Å². The molecule has 6 nitrogen and oxygen atoms in total. The van der Waals surface area contributed by atoms with Crippen molar-refractivity contribution < 1.29 is 28.6 Å². The highest BCUT2D eigenvalue weighted by atomic mass is 16.6. The Labute approximate surface area is 487 Å². The summed E-state index contributed by atoms with van der Waals surface area (Å²) in [5, 5.41) is 0. The molecule has 0 saturated heterocycles. The van der Waals surface area contributed by atoms with E-state index >= 15 is 0 Å². The number of unbranched alkanes of at least 4 members (excludes halogenated alkanes) is 51. The number of rotatable bonds is 66. The lowest BCUT2D eigenvalue weighted by atomic mass is 10.0. The molecule has 0 radical (unpaired) electrons. The Hall–Kier alpha value is -2.11. The van der Waals surface area contributed by atoms with Crippen LogP contribution >= 0.6 is 0 Å². The maximum atomic E-state index is 12.9. The summed E-state index contributed by atoms with van der Waals surface area (Å²) in [7, 11) is 0. The van der Waals surface area contributed by atoms with Gasteiger partial charge in [0.05, 0.1) is 0 Å². The fourth-order valence-electron chi connectivity index (χ4n) is 10.9. The number of hydrogen-bond acceptors (Lipinski definition) is 6. The quantitative estimate of drug-likeness (QED) is 0.0261. The van der Waals surface area contributed by atoms with E-state index in [2.05, 4.69) is 45.1 Å². The van der Waals surface area contributed by atoms with Gasteiger partial charge in [-0.1, -0.05) is 353 Å². The Morgan fingerprint density at radius 1 is 0.256 bits per heavy atom. The van der Waals surface area contributed by atoms with E-state index in [9.17, 15) is 14.4 Å². The minimum Gasteiger partial charge on any atom is -0.462 e. The summed E-state index contributed by atoms with van der Waals surface area (Å²) in [6, 6.07) is 0. The summed E-state index contributed by atoms with van der Waals surface area (Å²) in [6.45, 7) is 6.64. The molecule has 0 aliphatic carbocycles. The van der Waals surface area contributed by atoms with Crippen molar-refractivity contribution in [2.75, 3.05) is 13.2 Å². The van der Waals surface area contributed by atoms with Crippen molar-refractivity contribution >= 4 is 17.9 Å². The van der Waals surface area contributed by atoms with E-state index in [4.69, 9.17) is 14.2 Å². The number of carbonyl (C=O) groups excluding carboxylic acids is 3. The van der Waals surface area contributed by atoms with Crippen molar-refractivity contribution in [1.29, 1.82) is 0 Å². The molecule has 0 heterocycles. The second-order valence-corrected chi connectivity index (χ2v) is 24.2. The minimum absolute atomic E-state index is 0.0667. The fraction of sp³-hybridized carbons (Fsp3) is 0.903. The molecule has 0 aromatic rings. The second kappa shape index (κ2) is 67.4. The molecule has 0 N–H and O–H groups in total. The Bertz CT molecular complexity index is 1260. The molecule has 0 fully saturated rings. The molecule has 0 aromatic carbocycles. The van der Waals surface area contributed by atoms with Crippen LogP contribution in [0.5, 0.6) is 0 Å². The average molecular weight is 1100 g/mol. The van der Waals surface area contributed by atoms with E-state index in [1.807, 2.05) is 0 Å². The first-order chi connectivity index (χ1) is 38.5. The molecular formula is C72H136O6. The topological polar surface area (TPSA) is 78.9 Å². The van der Waals surface area contributed by atoms with Crippen LogP contribution in [0.15, 0.2) is 24.3 Å². The summed E-state index contributed by atoms with van der Waals surface area (Å²) in [5.74, 6) is -0.852. The molecule has 1 unspecified atom stereocenters. The maximum absolute atomic E-state index is 12.9. The smallest absolute Gasteiger partial charge is 0.306 e. The van der Waals surface area contributed by atoms with E-state index in [1.165, 1.54) is 295 Å². The average Bonchev–Trinajstić information content (AvgIpc) is 3.44. The molecule has 0 aliphatic heterocycles. The summed E-state index contributed by atoms with van der Waals surface area (Å²) < 4.78 is 16.9. The highest BCUT2D eigenvalue weighted by molar-refractivity contribution is 5.71. The van der Waals surface area contributed by atoms with E-state index in [1.54, 1.807) is 0 Å². The van der Waals surface area contributed by atoms with Crippen molar-refractivity contribution in [1.82, 2.24) is 0 Å². The van der Waals surface area contributed by atoms with Crippen LogP contribution in [-0.2, 0) is 28.6 Å². The van der Waals surface area contributed by atoms with Crippen LogP contribution in [0.1, 0.15) is 400 Å². The van der Waals surface area contributed by atoms with Crippen LogP contribution in [0, 0.1) is 0 Å². The molecule has 0 bridgehead atoms. The third-order valence-electron chi connectivity index (χ3n) is 16.2. The van der Waals surface area contributed by atoms with Gasteiger partial charge in [0.1, 0.15) is 13.2 Å². The second-order valence-electron chi connectivity index (χ2n) is 24.2. The van der Waals surface area contributed by atoms with E-state index in [0.717, 1.165) is 64.2 Å². The fourth-order valence-corrected chi connectivity index (χ4v) is 10.9. The summed E-state index contributed by atoms with van der Waals surface area (Å²) in [6.07, 6.45) is 82.6. The Morgan fingerprint density at radius 3 is 0.705 bits per heavy atom. The highest BCUT2D eigenvalue weighted by Gasteiger charge is 2.19. The Morgan fingerprint density at radius 2 is 0.462 bits per heavy atom. The summed E-state index contributed by atoms with van der Waals surface area (Å²) in [5.41, 5.74) is 0. The predicted octanol–water partition coefficient (Wildman–Crippen LogP) is 24.2. The molecule has 78 heavy (non-hydrogen) atoms. The monoisotopic (exact) mass is 1100 g/mol. The number of ether oxygens (including phenoxy) is 3. The van der Waals surface area contributed by atoms with Crippen molar-refractivity contribution in [2.24, 2.45) is 0 Å². The van der Waals surface area contributed by atoms with Gasteiger partial charge in [-0.3, -0.25) is 14.4 Å². The first-order valence-electron chi connectivity index (χ1n) is 35.3. The predicted molar refractivity (Wildman–Crippen MR) is 340 cm³/mol. The summed E-state index contributed by atoms with van der Waals surface area (Å²) in [4.78, 5) is 38.1. The molecule has 0 rings (SSSR count). The first kappa shape index (κ1) is 75.9. The molecule has 1 atom stereocenters. The zero-order valence-electron chi connectivity index (χ0n) is 53.0. The highest BCUT2D eigenvalue weighted by Crippen LogP contribution is 2.19. The molecule has 6 heteroatoms. The van der Waals surface area contributed by atoms with Gasteiger partial charge in [-0.05, 0) is 51.4 Å². The molecule has 0 aromatic heterocycles. The summed E-state index contributed by atoms with van der Waals surface area (Å²) >= 11 is 0. The zero-order valence-corrected chi connectivity index (χ0v) is 53.0. The zero-order chi connectivity index (χ0) is 56.4. The standard InChI is InChI=1S/C72H136O6/c1-4-7-10-13-16-18-20-22-24-26-28-30-32-33-34-35-36-37-38-39-41-42-44-46-48-50-52-54-56-59-62-65-71(74)77-68-69(67-76-70(73)64-61-58-15-12-9-6-3)78-72(75)66-63-60-57-55-53-51-49-47-45-43-40-31-29-27-25-23-21-19-17-14-11-8-5-2/h21,23,27,29,69H,4-20,22,24-26,28,30-68H2,1-3H3/b23-21-,29-27-. The van der Waals surface area contributed by atoms with Crippen molar-refractivity contribution in [3.63, 3.8) is 0 Å². The lowest BCUT2D eigenvalue weighted by molar-refractivity contribution is -0.167. The molecule has 0 spiro atoms. The number of allylic oxidation sites excluding steroid dienone is 4. The van der Waals surface area contributed by atoms with E-state index in [-0.39, 0.29) is 31.1 Å². The molecule has 460 valence electrons. The van der Waals surface area contributed by atoms with Crippen LogP contribution in [0.3, 0.4) is 0 Å². The van der Waals surface area contributed by atoms with Crippen LogP contribution in [0.4, 0.5) is 0 Å². The van der Waals surface area contributed by atoms with Crippen LogP contribution in [0.2, 0.25) is 0 Å².